The lowest BCUT2D eigenvalue weighted by atomic mass is 10.0. The molecule has 0 saturated carbocycles. The summed E-state index contributed by atoms with van der Waals surface area (Å²) in [4.78, 5) is 13.8. The van der Waals surface area contributed by atoms with E-state index in [1.54, 1.807) is 0 Å². The van der Waals surface area contributed by atoms with Gasteiger partial charge < -0.3 is 0 Å². The first kappa shape index (κ1) is 14.4. The number of nitrogens with one attached hydrogen (secondary N) is 1. The Balaban J connectivity index is 2.04. The number of thioether (sulfide) groups is 1. The normalized spacial score (nSPS) is 18.8. The first-order chi connectivity index (χ1) is 9.20. The van der Waals surface area contributed by atoms with Crippen molar-refractivity contribution in [3.8, 4) is 0 Å². The molecule has 0 aliphatic carbocycles. The van der Waals surface area contributed by atoms with Crippen molar-refractivity contribution in [2.45, 2.75) is 25.4 Å². The highest BCUT2D eigenvalue weighted by atomic mass is 32.2. The summed E-state index contributed by atoms with van der Waals surface area (Å²) in [6, 6.07) is 8.74. The average molecular weight is 279 g/mol. The van der Waals surface area contributed by atoms with Gasteiger partial charge >= 0.3 is 0 Å². The average Bonchev–Trinajstić information content (AvgIpc) is 2.95. The Bertz CT molecular complexity index is 432. The fourth-order valence-electron chi connectivity index (χ4n) is 2.38. The van der Waals surface area contributed by atoms with E-state index < -0.39 is 0 Å². The van der Waals surface area contributed by atoms with E-state index in [9.17, 15) is 4.79 Å². The number of nitrogens with two attached hydrogens (primary N) is 1. The molecule has 19 heavy (non-hydrogen) atoms. The number of hydrogen-bond donors (Lipinski definition) is 2. The first-order valence-corrected chi connectivity index (χ1v) is 7.70. The summed E-state index contributed by atoms with van der Waals surface area (Å²) < 4.78 is 0. The van der Waals surface area contributed by atoms with Gasteiger partial charge in [-0.2, -0.15) is 11.8 Å². The molecule has 0 spiro atoms. The summed E-state index contributed by atoms with van der Waals surface area (Å²) in [7, 11) is 2.16. The quantitative estimate of drug-likeness (QED) is 0.482. The molecule has 3 N–H and O–H groups in total. The Morgan fingerprint density at radius 1 is 1.47 bits per heavy atom. The van der Waals surface area contributed by atoms with E-state index in [1.807, 2.05) is 30.0 Å². The fourth-order valence-corrected chi connectivity index (χ4v) is 3.67. The maximum atomic E-state index is 11.4. The molecule has 1 amide bonds. The number of nitrogens with zero attached hydrogens (tertiary/aromatic N) is 1. The van der Waals surface area contributed by atoms with Gasteiger partial charge in [-0.25, -0.2) is 5.84 Å². The molecule has 1 atom stereocenters. The molecule has 1 aromatic rings. The molecule has 5 heteroatoms. The zero-order chi connectivity index (χ0) is 13.7. The number of hydrazine groups is 1. The van der Waals surface area contributed by atoms with Gasteiger partial charge in [-0.05, 0) is 30.3 Å². The molecule has 104 valence electrons. The summed E-state index contributed by atoms with van der Waals surface area (Å²) in [6.45, 7) is 0.888. The minimum absolute atomic E-state index is 0.147. The van der Waals surface area contributed by atoms with Crippen LogP contribution in [-0.2, 0) is 17.8 Å². The van der Waals surface area contributed by atoms with Gasteiger partial charge in [-0.3, -0.25) is 15.1 Å². The van der Waals surface area contributed by atoms with Crippen LogP contribution in [0.5, 0.6) is 0 Å². The largest absolute Gasteiger partial charge is 0.298 e. The van der Waals surface area contributed by atoms with Crippen molar-refractivity contribution in [2.75, 3.05) is 18.6 Å². The number of benzene rings is 1. The van der Waals surface area contributed by atoms with Crippen LogP contribution in [-0.4, -0.2) is 35.4 Å². The van der Waals surface area contributed by atoms with E-state index in [4.69, 9.17) is 5.84 Å². The van der Waals surface area contributed by atoms with Crippen LogP contribution in [0, 0.1) is 0 Å². The predicted octanol–water partition coefficient (Wildman–Crippen LogP) is 1.16. The Labute approximate surface area is 118 Å². The summed E-state index contributed by atoms with van der Waals surface area (Å²) in [6.07, 6.45) is 1.60. The van der Waals surface area contributed by atoms with Crippen LogP contribution in [0.2, 0.25) is 0 Å². The van der Waals surface area contributed by atoms with Gasteiger partial charge in [0.15, 0.2) is 0 Å². The Kier molecular flexibility index (Phi) is 5.24. The summed E-state index contributed by atoms with van der Waals surface area (Å²) >= 11 is 2.02. The van der Waals surface area contributed by atoms with Gasteiger partial charge in [0.25, 0.3) is 0 Å². The molecule has 0 radical (unpaired) electrons. The van der Waals surface area contributed by atoms with E-state index in [0.29, 0.717) is 12.5 Å². The highest BCUT2D eigenvalue weighted by molar-refractivity contribution is 7.99. The highest BCUT2D eigenvalue weighted by Crippen LogP contribution is 2.23. The Morgan fingerprint density at radius 2 is 2.21 bits per heavy atom. The summed E-state index contributed by atoms with van der Waals surface area (Å²) in [5.74, 6) is 7.48. The third-order valence-electron chi connectivity index (χ3n) is 3.58. The van der Waals surface area contributed by atoms with Crippen LogP contribution in [0.25, 0.3) is 0 Å². The van der Waals surface area contributed by atoms with Crippen LogP contribution in [0.1, 0.15) is 17.5 Å². The lowest BCUT2D eigenvalue weighted by molar-refractivity contribution is -0.120. The summed E-state index contributed by atoms with van der Waals surface area (Å²) in [5, 5.41) is 0. The van der Waals surface area contributed by atoms with Crippen molar-refractivity contribution < 1.29 is 4.79 Å². The van der Waals surface area contributed by atoms with Crippen molar-refractivity contribution in [1.82, 2.24) is 10.3 Å². The SMILES string of the molecule is CN(Cc1ccccc1CC(=O)NN)C1CCSC1. The van der Waals surface area contributed by atoms with Crippen LogP contribution in [0.15, 0.2) is 24.3 Å². The molecule has 1 saturated heterocycles. The molecule has 1 aliphatic heterocycles. The fraction of sp³-hybridized carbons (Fsp3) is 0.500. The van der Waals surface area contributed by atoms with E-state index in [2.05, 4.69) is 23.4 Å². The smallest absolute Gasteiger partial charge is 0.238 e. The van der Waals surface area contributed by atoms with E-state index in [0.717, 1.165) is 12.1 Å². The van der Waals surface area contributed by atoms with Gasteiger partial charge in [-0.1, -0.05) is 24.3 Å². The molecule has 4 nitrogen and oxygen atoms in total. The minimum Gasteiger partial charge on any atom is -0.298 e. The van der Waals surface area contributed by atoms with E-state index >= 15 is 0 Å². The maximum absolute atomic E-state index is 11.4. The number of rotatable bonds is 5. The van der Waals surface area contributed by atoms with E-state index in [1.165, 1.54) is 23.5 Å². The van der Waals surface area contributed by atoms with E-state index in [-0.39, 0.29) is 5.91 Å². The number of carbonyl (C=O) groups is 1. The van der Waals surface area contributed by atoms with Gasteiger partial charge in [0.05, 0.1) is 6.42 Å². The second kappa shape index (κ2) is 6.93. The molecule has 0 bridgehead atoms. The third kappa shape index (κ3) is 3.96. The number of hydrogen-bond acceptors (Lipinski definition) is 4. The molecule has 1 aliphatic rings. The maximum Gasteiger partial charge on any atom is 0.238 e. The molecule has 1 heterocycles. The Morgan fingerprint density at radius 3 is 2.84 bits per heavy atom. The van der Waals surface area contributed by atoms with Crippen molar-refractivity contribution in [1.29, 1.82) is 0 Å². The standard InChI is InChI=1S/C14H21N3OS/c1-17(13-6-7-19-10-13)9-12-5-3-2-4-11(12)8-14(18)16-15/h2-5,13H,6-10,15H2,1H3,(H,16,18). The zero-order valence-electron chi connectivity index (χ0n) is 11.3. The van der Waals surface area contributed by atoms with Crippen molar-refractivity contribution in [3.63, 3.8) is 0 Å². The minimum atomic E-state index is -0.147. The van der Waals surface area contributed by atoms with Gasteiger partial charge in [0.1, 0.15) is 0 Å². The molecule has 1 fully saturated rings. The van der Waals surface area contributed by atoms with Crippen LogP contribution in [0.3, 0.4) is 0 Å². The highest BCUT2D eigenvalue weighted by Gasteiger charge is 2.20. The van der Waals surface area contributed by atoms with Crippen LogP contribution >= 0.6 is 11.8 Å². The molecular weight excluding hydrogens is 258 g/mol. The third-order valence-corrected chi connectivity index (χ3v) is 4.72. The predicted molar refractivity (Wildman–Crippen MR) is 79.7 cm³/mol. The monoisotopic (exact) mass is 279 g/mol. The van der Waals surface area contributed by atoms with Crippen molar-refractivity contribution in [3.05, 3.63) is 35.4 Å². The number of carbonyl (C=O) groups excluding carboxylic acids is 1. The van der Waals surface area contributed by atoms with Gasteiger partial charge in [0, 0.05) is 18.3 Å². The Hall–Kier alpha value is -1.04. The lowest BCUT2D eigenvalue weighted by Gasteiger charge is -2.24. The van der Waals surface area contributed by atoms with Crippen LogP contribution < -0.4 is 11.3 Å². The second-order valence-corrected chi connectivity index (χ2v) is 6.10. The topological polar surface area (TPSA) is 58.4 Å². The van der Waals surface area contributed by atoms with Gasteiger partial charge in [-0.15, -0.1) is 0 Å². The number of amides is 1. The molecule has 0 aromatic heterocycles. The van der Waals surface area contributed by atoms with Gasteiger partial charge in [0.2, 0.25) is 5.91 Å². The lowest BCUT2D eigenvalue weighted by Crippen LogP contribution is -2.33. The zero-order valence-corrected chi connectivity index (χ0v) is 12.1. The molecule has 1 aromatic carbocycles. The molecule has 2 rings (SSSR count). The second-order valence-electron chi connectivity index (χ2n) is 4.95. The molecule has 1 unspecified atom stereocenters. The van der Waals surface area contributed by atoms with Crippen LogP contribution in [0.4, 0.5) is 0 Å². The molecular formula is C14H21N3OS. The van der Waals surface area contributed by atoms with Crippen molar-refractivity contribution in [2.24, 2.45) is 5.84 Å². The van der Waals surface area contributed by atoms with Crippen molar-refractivity contribution >= 4 is 17.7 Å². The summed E-state index contributed by atoms with van der Waals surface area (Å²) in [5.41, 5.74) is 4.46. The first-order valence-electron chi connectivity index (χ1n) is 6.55.